The number of anilines is 4. The third-order valence-corrected chi connectivity index (χ3v) is 16.5. The first-order chi connectivity index (χ1) is 31.5. The molecule has 2 nitrogen and oxygen atoms in total. The number of allylic oxidation sites excluding steroid dienone is 6. The van der Waals surface area contributed by atoms with E-state index in [1.54, 1.807) is 0 Å². The average Bonchev–Trinajstić information content (AvgIpc) is 3.76. The molecule has 2 aliphatic heterocycles. The Labute approximate surface area is 384 Å². The highest BCUT2D eigenvalue weighted by Gasteiger charge is 2.47. The minimum atomic E-state index is -0.0792. The molecule has 0 N–H and O–H groups in total. The molecule has 0 spiro atoms. The van der Waals surface area contributed by atoms with Crippen molar-refractivity contribution in [2.24, 2.45) is 5.92 Å². The molecule has 2 heteroatoms. The first-order valence-electron chi connectivity index (χ1n) is 23.7. The molecular formula is C63H54N2. The summed E-state index contributed by atoms with van der Waals surface area (Å²) >= 11 is 0. The van der Waals surface area contributed by atoms with E-state index in [0.717, 1.165) is 0 Å². The Morgan fingerprint density at radius 3 is 1.52 bits per heavy atom. The highest BCUT2D eigenvalue weighted by Crippen LogP contribution is 2.58. The van der Waals surface area contributed by atoms with Crippen LogP contribution >= 0.6 is 0 Å². The number of para-hydroxylation sites is 4. The molecule has 0 saturated carbocycles. The van der Waals surface area contributed by atoms with E-state index < -0.39 is 0 Å². The van der Waals surface area contributed by atoms with Crippen molar-refractivity contribution < 1.29 is 0 Å². The number of fused-ring (bicyclic) bond motifs is 10. The van der Waals surface area contributed by atoms with Gasteiger partial charge in [-0.3, -0.25) is 0 Å². The third-order valence-electron chi connectivity index (χ3n) is 16.5. The second-order valence-corrected chi connectivity index (χ2v) is 20.9. The van der Waals surface area contributed by atoms with Crippen LogP contribution < -0.4 is 9.80 Å². The van der Waals surface area contributed by atoms with Crippen molar-refractivity contribution in [2.45, 2.75) is 75.5 Å². The molecule has 13 rings (SSSR count). The standard InChI is InChI=1S/C63H54N2/c1-61(2)50-18-7-11-22-56(50)64(57-23-12-8-19-51(57)61)41-30-34-44-48-33-29-40(43-16-15-17-47(60(43)48)49(44)37-41)28-26-39-27-32-45-46-35-31-42(38-55(46)63(5,6)54(45)36-39)65-58-24-13-9-20-52(58)62(3,4)53-21-10-14-25-59(53)65/h7-38,44,46,49,55H,1-6H3/b28-26+. The van der Waals surface area contributed by atoms with Crippen molar-refractivity contribution in [3.63, 3.8) is 0 Å². The van der Waals surface area contributed by atoms with Gasteiger partial charge in [-0.05, 0) is 114 Å². The molecule has 0 radical (unpaired) electrons. The highest BCUT2D eigenvalue weighted by atomic mass is 15.2. The number of nitrogens with zero attached hydrogens (tertiary/aromatic N) is 2. The first-order valence-corrected chi connectivity index (χ1v) is 23.7. The second-order valence-electron chi connectivity index (χ2n) is 20.9. The largest absolute Gasteiger partial charge is 0.310 e. The van der Waals surface area contributed by atoms with Gasteiger partial charge < -0.3 is 9.80 Å². The lowest BCUT2D eigenvalue weighted by Gasteiger charge is -2.43. The first kappa shape index (κ1) is 38.5. The fraction of sp³-hybridized carbons (Fsp3) is 0.206. The van der Waals surface area contributed by atoms with Crippen LogP contribution in [0, 0.1) is 5.92 Å². The molecule has 0 bridgehead atoms. The normalized spacial score (nSPS) is 22.9. The number of rotatable bonds is 4. The van der Waals surface area contributed by atoms with Crippen molar-refractivity contribution >= 4 is 45.7 Å². The van der Waals surface area contributed by atoms with E-state index in [9.17, 15) is 0 Å². The van der Waals surface area contributed by atoms with Crippen molar-refractivity contribution in [3.05, 3.63) is 249 Å². The molecular weight excluding hydrogens is 785 g/mol. The number of benzene rings is 7. The van der Waals surface area contributed by atoms with Gasteiger partial charge in [0.25, 0.3) is 0 Å². The zero-order chi connectivity index (χ0) is 44.0. The second kappa shape index (κ2) is 13.6. The smallest absolute Gasteiger partial charge is 0.0502 e. The Balaban J connectivity index is 0.820. The maximum absolute atomic E-state index is 2.58. The molecule has 4 aliphatic carbocycles. The molecule has 7 aromatic carbocycles. The van der Waals surface area contributed by atoms with Crippen LogP contribution in [0.2, 0.25) is 0 Å². The predicted octanol–water partition coefficient (Wildman–Crippen LogP) is 16.0. The van der Waals surface area contributed by atoms with Crippen molar-refractivity contribution in [2.75, 3.05) is 9.80 Å². The van der Waals surface area contributed by atoms with Crippen LogP contribution in [-0.2, 0) is 16.2 Å². The van der Waals surface area contributed by atoms with E-state index in [0.29, 0.717) is 17.8 Å². The lowest BCUT2D eigenvalue weighted by Crippen LogP contribution is -2.34. The quantitative estimate of drug-likeness (QED) is 0.163. The third kappa shape index (κ3) is 5.34. The van der Waals surface area contributed by atoms with Gasteiger partial charge >= 0.3 is 0 Å². The van der Waals surface area contributed by atoms with Crippen LogP contribution in [0.5, 0.6) is 0 Å². The van der Waals surface area contributed by atoms with Gasteiger partial charge in [0.15, 0.2) is 0 Å². The fourth-order valence-electron chi connectivity index (χ4n) is 13.1. The minimum Gasteiger partial charge on any atom is -0.310 e. The van der Waals surface area contributed by atoms with Gasteiger partial charge in [-0.15, -0.1) is 0 Å². The Kier molecular flexibility index (Phi) is 8.04. The zero-order valence-electron chi connectivity index (χ0n) is 38.2. The van der Waals surface area contributed by atoms with Gasteiger partial charge in [0.05, 0.1) is 22.7 Å². The fourth-order valence-corrected chi connectivity index (χ4v) is 13.1. The summed E-state index contributed by atoms with van der Waals surface area (Å²) in [5.74, 6) is 1.30. The lowest BCUT2D eigenvalue weighted by molar-refractivity contribution is 0.392. The Morgan fingerprint density at radius 1 is 0.431 bits per heavy atom. The van der Waals surface area contributed by atoms with Crippen molar-refractivity contribution in [1.82, 2.24) is 0 Å². The summed E-state index contributed by atoms with van der Waals surface area (Å²) in [5.41, 5.74) is 21.2. The van der Waals surface area contributed by atoms with E-state index >= 15 is 0 Å². The van der Waals surface area contributed by atoms with Gasteiger partial charge in [0.1, 0.15) is 0 Å². The van der Waals surface area contributed by atoms with Gasteiger partial charge in [0.2, 0.25) is 0 Å². The van der Waals surface area contributed by atoms with Crippen LogP contribution in [0.3, 0.4) is 0 Å². The van der Waals surface area contributed by atoms with E-state index in [-0.39, 0.29) is 22.2 Å². The molecule has 0 amide bonds. The van der Waals surface area contributed by atoms with E-state index in [2.05, 4.69) is 246 Å². The van der Waals surface area contributed by atoms with E-state index in [1.165, 1.54) is 101 Å². The summed E-state index contributed by atoms with van der Waals surface area (Å²) in [6.45, 7) is 14.4. The van der Waals surface area contributed by atoms with Crippen LogP contribution in [0.4, 0.5) is 22.7 Å². The zero-order valence-corrected chi connectivity index (χ0v) is 38.2. The molecule has 0 fully saturated rings. The average molecular weight is 839 g/mol. The van der Waals surface area contributed by atoms with Crippen LogP contribution in [0.15, 0.2) is 193 Å². The topological polar surface area (TPSA) is 6.48 Å². The molecule has 0 aromatic heterocycles. The highest BCUT2D eigenvalue weighted by molar-refractivity contribution is 6.00. The maximum Gasteiger partial charge on any atom is 0.0502 e. The summed E-state index contributed by atoms with van der Waals surface area (Å²) in [4.78, 5) is 5.02. The van der Waals surface area contributed by atoms with Gasteiger partial charge in [-0.25, -0.2) is 0 Å². The van der Waals surface area contributed by atoms with Crippen LogP contribution in [-0.4, -0.2) is 0 Å². The molecule has 7 aromatic rings. The number of hydrogen-bond donors (Lipinski definition) is 0. The summed E-state index contributed by atoms with van der Waals surface area (Å²) in [7, 11) is 0. The van der Waals surface area contributed by atoms with Crippen molar-refractivity contribution in [1.29, 1.82) is 0 Å². The maximum atomic E-state index is 2.58. The predicted molar refractivity (Wildman–Crippen MR) is 273 cm³/mol. The van der Waals surface area contributed by atoms with E-state index in [4.69, 9.17) is 0 Å². The van der Waals surface area contributed by atoms with Gasteiger partial charge in [0, 0.05) is 40.0 Å². The molecule has 2 heterocycles. The van der Waals surface area contributed by atoms with Gasteiger partial charge in [-0.2, -0.15) is 0 Å². The lowest BCUT2D eigenvalue weighted by atomic mass is 9.72. The van der Waals surface area contributed by atoms with Crippen LogP contribution in [0.1, 0.15) is 115 Å². The molecule has 65 heavy (non-hydrogen) atoms. The van der Waals surface area contributed by atoms with Crippen molar-refractivity contribution in [3.8, 4) is 0 Å². The Morgan fingerprint density at radius 2 is 0.938 bits per heavy atom. The summed E-state index contributed by atoms with van der Waals surface area (Å²) in [6, 6.07) is 54.9. The SMILES string of the molecule is CC1(C)c2ccccc2N(C2=CC3c4cccc5c(/C=C/c6ccc7c(c6)C(C)(C)C6C=C(N8c9ccccc9C(C)(C)c9ccccc98)C=CC76)ccc(c45)C3C=C2)c2ccccc21. The van der Waals surface area contributed by atoms with E-state index in [1.807, 2.05) is 0 Å². The molecule has 316 valence electrons. The number of hydrogen-bond acceptors (Lipinski definition) is 2. The summed E-state index contributed by atoms with van der Waals surface area (Å²) in [6.07, 6.45) is 19.5. The monoisotopic (exact) mass is 838 g/mol. The summed E-state index contributed by atoms with van der Waals surface area (Å²) < 4.78 is 0. The molecule has 6 aliphatic rings. The molecule has 4 atom stereocenters. The Hall–Kier alpha value is -6.90. The minimum absolute atomic E-state index is 0.0410. The molecule has 4 unspecified atom stereocenters. The molecule has 0 saturated heterocycles. The van der Waals surface area contributed by atoms with Crippen LogP contribution in [0.25, 0.3) is 22.9 Å². The summed E-state index contributed by atoms with van der Waals surface area (Å²) in [5, 5.41) is 2.76. The Bertz CT molecular complexity index is 3250. The van der Waals surface area contributed by atoms with Gasteiger partial charge in [-0.1, -0.05) is 199 Å².